The predicted octanol–water partition coefficient (Wildman–Crippen LogP) is 4.94. The smallest absolute Gasteiger partial charge is 0.414 e. The second kappa shape index (κ2) is 9.85. The maximum absolute atomic E-state index is 12.4. The lowest BCUT2D eigenvalue weighted by molar-refractivity contribution is 0.0920. The normalized spacial score (nSPS) is 24.8. The number of amides is 2. The van der Waals surface area contributed by atoms with E-state index in [0.717, 1.165) is 46.9 Å². The minimum Gasteiger partial charge on any atom is -0.442 e. The van der Waals surface area contributed by atoms with Crippen molar-refractivity contribution in [1.82, 2.24) is 5.32 Å². The van der Waals surface area contributed by atoms with Crippen LogP contribution >= 0.6 is 50.6 Å². The number of hydrogen-bond donors (Lipinski definition) is 1. The number of amidine groups is 1. The number of halogens is 2. The summed E-state index contributed by atoms with van der Waals surface area (Å²) >= 11 is 12.8. The van der Waals surface area contributed by atoms with E-state index >= 15 is 0 Å². The molecule has 1 N–H and O–H groups in total. The summed E-state index contributed by atoms with van der Waals surface area (Å²) < 4.78 is 6.52. The quantitative estimate of drug-likeness (QED) is 0.499. The van der Waals surface area contributed by atoms with Gasteiger partial charge in [-0.3, -0.25) is 14.7 Å². The Morgan fingerprint density at radius 3 is 2.61 bits per heavy atom. The van der Waals surface area contributed by atoms with E-state index in [-0.39, 0.29) is 17.2 Å². The summed E-state index contributed by atoms with van der Waals surface area (Å²) in [5.41, 5.74) is 1.83. The van der Waals surface area contributed by atoms with Gasteiger partial charge in [0.05, 0.1) is 38.3 Å². The van der Waals surface area contributed by atoms with Crippen LogP contribution in [0.3, 0.4) is 0 Å². The molecule has 2 fully saturated rings. The molecule has 2 aromatic rings. The lowest BCUT2D eigenvalue weighted by Gasteiger charge is -2.24. The van der Waals surface area contributed by atoms with Gasteiger partial charge < -0.3 is 15.0 Å². The molecule has 2 unspecified atom stereocenters. The van der Waals surface area contributed by atoms with Crippen LogP contribution in [0.5, 0.6) is 0 Å². The molecule has 33 heavy (non-hydrogen) atoms. The van der Waals surface area contributed by atoms with Gasteiger partial charge in [0.2, 0.25) is 0 Å². The van der Waals surface area contributed by atoms with E-state index in [1.165, 1.54) is 11.3 Å². The second-order valence-electron chi connectivity index (χ2n) is 7.95. The minimum absolute atomic E-state index is 0.161. The van der Waals surface area contributed by atoms with Gasteiger partial charge >= 0.3 is 6.09 Å². The van der Waals surface area contributed by atoms with Gasteiger partial charge in [-0.1, -0.05) is 0 Å². The molecule has 7 nitrogen and oxygen atoms in total. The second-order valence-corrected chi connectivity index (χ2v) is 12.6. The Labute approximate surface area is 213 Å². The Bertz CT molecular complexity index is 1080. The van der Waals surface area contributed by atoms with Crippen molar-refractivity contribution in [3.8, 4) is 0 Å². The van der Waals surface area contributed by atoms with Crippen LogP contribution in [0, 0.1) is 0 Å². The van der Waals surface area contributed by atoms with Crippen molar-refractivity contribution in [2.24, 2.45) is 4.99 Å². The number of carbonyl (C=O) groups excluding carboxylic acids is 2. The highest BCUT2D eigenvalue weighted by molar-refractivity contribution is 9.11. The number of rotatable bonds is 6. The molecule has 1 aromatic carbocycles. The maximum atomic E-state index is 12.4. The van der Waals surface area contributed by atoms with Crippen molar-refractivity contribution >= 4 is 79.8 Å². The molecule has 2 saturated heterocycles. The zero-order valence-corrected chi connectivity index (χ0v) is 21.6. The summed E-state index contributed by atoms with van der Waals surface area (Å²) in [6.45, 7) is 2.30. The number of cyclic esters (lactones) is 1. The molecule has 4 heterocycles. The van der Waals surface area contributed by atoms with Crippen LogP contribution in [-0.4, -0.2) is 60.1 Å². The summed E-state index contributed by atoms with van der Waals surface area (Å²) in [5, 5.41) is 3.19. The number of alkyl halides is 1. The standard InChI is InChI=1S/C22H22BrClN4O3S2/c23-18-7-5-17(32-18)21(29)26-11-15-12-28(22(30)31-15)14-3-1-13(2-4-14)27-10-9-25-20(27)16-6-8-19(24)33-16/h1-5,7,15-16,19H,6,8-12H2,(H,26,29)/t15-,16?,19?/m0/s1. The number of thioether (sulfide) groups is 1. The number of nitrogens with one attached hydrogen (secondary N) is 1. The molecule has 1 aromatic heterocycles. The lowest BCUT2D eigenvalue weighted by Crippen LogP contribution is -2.34. The van der Waals surface area contributed by atoms with Gasteiger partial charge in [-0.25, -0.2) is 4.79 Å². The van der Waals surface area contributed by atoms with Crippen LogP contribution < -0.4 is 15.1 Å². The molecule has 0 spiro atoms. The van der Waals surface area contributed by atoms with E-state index in [9.17, 15) is 9.59 Å². The summed E-state index contributed by atoms with van der Waals surface area (Å²) in [4.78, 5) is 33.9. The van der Waals surface area contributed by atoms with Crippen molar-refractivity contribution in [1.29, 1.82) is 0 Å². The van der Waals surface area contributed by atoms with Crippen molar-refractivity contribution < 1.29 is 14.3 Å². The SMILES string of the molecule is O=C(NC[C@H]1CN(c2ccc(N3CCN=C3C3CCC(Cl)S3)cc2)C(=O)O1)c1ccc(Br)s1. The Kier molecular flexibility index (Phi) is 6.87. The number of anilines is 2. The van der Waals surface area contributed by atoms with Gasteiger partial charge in [0.1, 0.15) is 11.9 Å². The number of aliphatic imine (C=N–C) groups is 1. The number of thiophene rings is 1. The third-order valence-electron chi connectivity index (χ3n) is 5.76. The van der Waals surface area contributed by atoms with Crippen molar-refractivity contribution in [2.45, 2.75) is 28.9 Å². The zero-order valence-electron chi connectivity index (χ0n) is 17.6. The van der Waals surface area contributed by atoms with E-state index in [2.05, 4.69) is 26.1 Å². The Hall–Kier alpha value is -1.75. The first-order chi connectivity index (χ1) is 16.0. The van der Waals surface area contributed by atoms with E-state index in [4.69, 9.17) is 21.3 Å². The molecule has 0 saturated carbocycles. The van der Waals surface area contributed by atoms with Gasteiger partial charge in [-0.2, -0.15) is 0 Å². The highest BCUT2D eigenvalue weighted by Gasteiger charge is 2.35. The highest BCUT2D eigenvalue weighted by atomic mass is 79.9. The molecular formula is C22H22BrClN4O3S2. The molecule has 174 valence electrons. The zero-order chi connectivity index (χ0) is 22.9. The van der Waals surface area contributed by atoms with Crippen LogP contribution in [0.25, 0.3) is 0 Å². The van der Waals surface area contributed by atoms with Crippen molar-refractivity contribution in [3.63, 3.8) is 0 Å². The number of ether oxygens (including phenoxy) is 1. The highest BCUT2D eigenvalue weighted by Crippen LogP contribution is 2.39. The van der Waals surface area contributed by atoms with Crippen LogP contribution in [0.4, 0.5) is 16.2 Å². The molecule has 3 aliphatic heterocycles. The van der Waals surface area contributed by atoms with Gasteiger partial charge in [-0.05, 0) is 65.2 Å². The summed E-state index contributed by atoms with van der Waals surface area (Å²) in [5.74, 6) is 0.929. The van der Waals surface area contributed by atoms with Crippen LogP contribution in [-0.2, 0) is 4.74 Å². The van der Waals surface area contributed by atoms with Crippen molar-refractivity contribution in [2.75, 3.05) is 36.0 Å². The fourth-order valence-electron chi connectivity index (χ4n) is 4.17. The number of nitrogens with zero attached hydrogens (tertiary/aromatic N) is 3. The third kappa shape index (κ3) is 5.03. The summed E-state index contributed by atoms with van der Waals surface area (Å²) in [6, 6.07) is 11.5. The van der Waals surface area contributed by atoms with Gasteiger partial charge in [0.15, 0.2) is 0 Å². The first-order valence-corrected chi connectivity index (χ1v) is 13.7. The molecule has 5 rings (SSSR count). The average Bonchev–Trinajstić information content (AvgIpc) is 3.59. The van der Waals surface area contributed by atoms with Gasteiger partial charge in [0.25, 0.3) is 5.91 Å². The summed E-state index contributed by atoms with van der Waals surface area (Å²) in [7, 11) is 0. The largest absolute Gasteiger partial charge is 0.442 e. The molecule has 3 aliphatic rings. The molecule has 0 radical (unpaired) electrons. The lowest BCUT2D eigenvalue weighted by atomic mass is 10.2. The van der Waals surface area contributed by atoms with Crippen LogP contribution in [0.15, 0.2) is 45.2 Å². The monoisotopic (exact) mass is 568 g/mol. The Morgan fingerprint density at radius 2 is 1.94 bits per heavy atom. The van der Waals surface area contributed by atoms with E-state index in [1.807, 2.05) is 30.3 Å². The minimum atomic E-state index is -0.403. The first-order valence-electron chi connectivity index (χ1n) is 10.7. The number of carbonyl (C=O) groups is 2. The fraction of sp³-hybridized carbons (Fsp3) is 0.409. The maximum Gasteiger partial charge on any atom is 0.414 e. The third-order valence-corrected chi connectivity index (χ3v) is 9.22. The molecule has 0 bridgehead atoms. The average molecular weight is 570 g/mol. The molecule has 0 aliphatic carbocycles. The van der Waals surface area contributed by atoms with Crippen molar-refractivity contribution in [3.05, 3.63) is 45.1 Å². The Balaban J connectivity index is 1.19. The summed E-state index contributed by atoms with van der Waals surface area (Å²) in [6.07, 6.45) is 1.25. The first kappa shape index (κ1) is 23.0. The van der Waals surface area contributed by atoms with Gasteiger partial charge in [0, 0.05) is 17.9 Å². The number of benzene rings is 1. The van der Waals surface area contributed by atoms with E-state index in [0.29, 0.717) is 16.7 Å². The predicted molar refractivity (Wildman–Crippen MR) is 138 cm³/mol. The van der Waals surface area contributed by atoms with E-state index < -0.39 is 12.2 Å². The van der Waals surface area contributed by atoms with E-state index in [1.54, 1.807) is 22.7 Å². The number of hydrogen-bond acceptors (Lipinski definition) is 7. The molecule has 3 atom stereocenters. The fourth-order valence-corrected chi connectivity index (χ4v) is 7.19. The molecule has 2 amide bonds. The van der Waals surface area contributed by atoms with Crippen LogP contribution in [0.1, 0.15) is 22.5 Å². The molecular weight excluding hydrogens is 548 g/mol. The van der Waals surface area contributed by atoms with Crippen LogP contribution in [0.2, 0.25) is 0 Å². The molecule has 11 heteroatoms. The van der Waals surface area contributed by atoms with Gasteiger partial charge in [-0.15, -0.1) is 34.7 Å². The Morgan fingerprint density at radius 1 is 1.18 bits per heavy atom. The topological polar surface area (TPSA) is 74.2 Å².